The summed E-state index contributed by atoms with van der Waals surface area (Å²) in [6.07, 6.45) is 0. The lowest BCUT2D eigenvalue weighted by Gasteiger charge is -2.18. The van der Waals surface area contributed by atoms with Gasteiger partial charge in [0.1, 0.15) is 5.82 Å². The number of H-pyrrole nitrogens is 2. The van der Waals surface area contributed by atoms with Gasteiger partial charge >= 0.3 is 5.69 Å². The molecule has 0 bridgehead atoms. The molecule has 0 saturated carbocycles. The third kappa shape index (κ3) is 3.90. The van der Waals surface area contributed by atoms with Crippen LogP contribution in [0.25, 0.3) is 0 Å². The van der Waals surface area contributed by atoms with Gasteiger partial charge in [-0.1, -0.05) is 13.8 Å². The molecule has 0 saturated heterocycles. The van der Waals surface area contributed by atoms with E-state index in [1.165, 1.54) is 6.07 Å². The summed E-state index contributed by atoms with van der Waals surface area (Å²) in [4.78, 5) is 28.8. The van der Waals surface area contributed by atoms with E-state index in [2.05, 4.69) is 34.0 Å². The van der Waals surface area contributed by atoms with Crippen LogP contribution in [0.15, 0.2) is 15.7 Å². The predicted molar refractivity (Wildman–Crippen MR) is 64.0 cm³/mol. The van der Waals surface area contributed by atoms with Gasteiger partial charge in [-0.2, -0.15) is 0 Å². The van der Waals surface area contributed by atoms with Crippen LogP contribution in [0.1, 0.15) is 13.8 Å². The standard InChI is InChI=1S/C10H18N4O2/c1-3-14(4-2)6-5-11-8-7-9(15)13-10(16)12-8/h7H,3-6H2,1-2H3,(H3,11,12,13,15,16). The van der Waals surface area contributed by atoms with Gasteiger partial charge in [0.25, 0.3) is 5.56 Å². The van der Waals surface area contributed by atoms with Gasteiger partial charge in [0.05, 0.1) is 0 Å². The number of hydrogen-bond donors (Lipinski definition) is 3. The molecular formula is C10H18N4O2. The largest absolute Gasteiger partial charge is 0.370 e. The van der Waals surface area contributed by atoms with Crippen LogP contribution in [0, 0.1) is 0 Å². The Labute approximate surface area is 93.7 Å². The molecule has 1 rings (SSSR count). The first-order valence-electron chi connectivity index (χ1n) is 5.45. The maximum Gasteiger partial charge on any atom is 0.327 e. The minimum absolute atomic E-state index is 0.394. The number of nitrogens with one attached hydrogen (secondary N) is 3. The molecule has 6 heteroatoms. The molecule has 1 aromatic heterocycles. The average molecular weight is 226 g/mol. The van der Waals surface area contributed by atoms with E-state index in [4.69, 9.17) is 0 Å². The van der Waals surface area contributed by atoms with E-state index < -0.39 is 11.2 Å². The van der Waals surface area contributed by atoms with Crippen molar-refractivity contribution in [2.45, 2.75) is 13.8 Å². The first-order chi connectivity index (χ1) is 7.65. The van der Waals surface area contributed by atoms with E-state index in [9.17, 15) is 9.59 Å². The molecule has 0 aliphatic carbocycles. The number of aromatic nitrogens is 2. The molecule has 0 fully saturated rings. The number of nitrogens with zero attached hydrogens (tertiary/aromatic N) is 1. The third-order valence-corrected chi connectivity index (χ3v) is 2.40. The highest BCUT2D eigenvalue weighted by Crippen LogP contribution is 1.93. The Hall–Kier alpha value is -1.56. The molecule has 0 spiro atoms. The number of rotatable bonds is 6. The van der Waals surface area contributed by atoms with Crippen LogP contribution in [0.3, 0.4) is 0 Å². The van der Waals surface area contributed by atoms with Crippen molar-refractivity contribution in [2.75, 3.05) is 31.5 Å². The maximum absolute atomic E-state index is 11.0. The molecule has 90 valence electrons. The first-order valence-corrected chi connectivity index (χ1v) is 5.45. The van der Waals surface area contributed by atoms with Gasteiger partial charge < -0.3 is 10.2 Å². The smallest absolute Gasteiger partial charge is 0.327 e. The summed E-state index contributed by atoms with van der Waals surface area (Å²) in [5.41, 5.74) is -0.882. The third-order valence-electron chi connectivity index (χ3n) is 2.40. The zero-order valence-electron chi connectivity index (χ0n) is 9.67. The minimum Gasteiger partial charge on any atom is -0.370 e. The molecule has 16 heavy (non-hydrogen) atoms. The number of anilines is 1. The summed E-state index contributed by atoms with van der Waals surface area (Å²) in [6, 6.07) is 1.34. The second-order valence-corrected chi connectivity index (χ2v) is 3.46. The SMILES string of the molecule is CCN(CC)CCNc1cc(=O)[nH]c(=O)[nH]1. The van der Waals surface area contributed by atoms with Crippen LogP contribution in [0.4, 0.5) is 5.82 Å². The lowest BCUT2D eigenvalue weighted by atomic mass is 10.4. The zero-order chi connectivity index (χ0) is 12.0. The van der Waals surface area contributed by atoms with Gasteiger partial charge in [0.15, 0.2) is 0 Å². The van der Waals surface area contributed by atoms with Crippen LogP contribution in [0.5, 0.6) is 0 Å². The Morgan fingerprint density at radius 2 is 1.94 bits per heavy atom. The number of aromatic amines is 2. The van der Waals surface area contributed by atoms with E-state index in [0.717, 1.165) is 19.6 Å². The number of hydrogen-bond acceptors (Lipinski definition) is 4. The lowest BCUT2D eigenvalue weighted by molar-refractivity contribution is 0.316. The van der Waals surface area contributed by atoms with Crippen molar-refractivity contribution in [1.29, 1.82) is 0 Å². The van der Waals surface area contributed by atoms with Crippen LogP contribution in [-0.4, -0.2) is 41.0 Å². The molecule has 0 aliphatic rings. The number of likely N-dealkylation sites (N-methyl/N-ethyl adjacent to an activating group) is 1. The molecule has 0 aliphatic heterocycles. The van der Waals surface area contributed by atoms with Crippen molar-refractivity contribution in [2.24, 2.45) is 0 Å². The highest BCUT2D eigenvalue weighted by atomic mass is 16.2. The van der Waals surface area contributed by atoms with Crippen LogP contribution >= 0.6 is 0 Å². The first kappa shape index (κ1) is 12.5. The van der Waals surface area contributed by atoms with E-state index in [-0.39, 0.29) is 0 Å². The summed E-state index contributed by atoms with van der Waals surface area (Å²) in [7, 11) is 0. The molecule has 0 radical (unpaired) electrons. The van der Waals surface area contributed by atoms with Crippen LogP contribution in [-0.2, 0) is 0 Å². The van der Waals surface area contributed by atoms with E-state index >= 15 is 0 Å². The van der Waals surface area contributed by atoms with E-state index in [1.54, 1.807) is 0 Å². The highest BCUT2D eigenvalue weighted by molar-refractivity contribution is 5.31. The second-order valence-electron chi connectivity index (χ2n) is 3.46. The summed E-state index contributed by atoms with van der Waals surface area (Å²) in [5, 5.41) is 3.01. The van der Waals surface area contributed by atoms with Crippen molar-refractivity contribution in [3.8, 4) is 0 Å². The summed E-state index contributed by atoms with van der Waals surface area (Å²) in [6.45, 7) is 7.74. The van der Waals surface area contributed by atoms with Gasteiger partial charge in [-0.05, 0) is 13.1 Å². The van der Waals surface area contributed by atoms with Crippen molar-refractivity contribution >= 4 is 5.82 Å². The molecule has 3 N–H and O–H groups in total. The molecule has 0 atom stereocenters. The molecular weight excluding hydrogens is 208 g/mol. The molecule has 0 unspecified atom stereocenters. The molecule has 0 aromatic carbocycles. The quantitative estimate of drug-likeness (QED) is 0.628. The lowest BCUT2D eigenvalue weighted by Crippen LogP contribution is -2.30. The molecule has 6 nitrogen and oxygen atoms in total. The minimum atomic E-state index is -0.488. The Bertz CT molecular complexity index is 391. The fraction of sp³-hybridized carbons (Fsp3) is 0.600. The van der Waals surface area contributed by atoms with Gasteiger partial charge in [-0.15, -0.1) is 0 Å². The van der Waals surface area contributed by atoms with Crippen LogP contribution in [0.2, 0.25) is 0 Å². The normalized spacial score (nSPS) is 10.7. The fourth-order valence-corrected chi connectivity index (χ4v) is 1.45. The Balaban J connectivity index is 2.48. The fourth-order valence-electron chi connectivity index (χ4n) is 1.45. The highest BCUT2D eigenvalue weighted by Gasteiger charge is 1.99. The van der Waals surface area contributed by atoms with E-state index in [1.807, 2.05) is 0 Å². The maximum atomic E-state index is 11.0. The van der Waals surface area contributed by atoms with E-state index in [0.29, 0.717) is 12.4 Å². The van der Waals surface area contributed by atoms with Crippen molar-refractivity contribution in [1.82, 2.24) is 14.9 Å². The van der Waals surface area contributed by atoms with Gasteiger partial charge in [0, 0.05) is 19.2 Å². The summed E-state index contributed by atoms with van der Waals surface area (Å²) in [5.74, 6) is 0.459. The topological polar surface area (TPSA) is 81.0 Å². The van der Waals surface area contributed by atoms with Crippen molar-refractivity contribution in [3.05, 3.63) is 26.9 Å². The molecule has 1 heterocycles. The molecule has 0 amide bonds. The van der Waals surface area contributed by atoms with Gasteiger partial charge in [-0.3, -0.25) is 14.8 Å². The summed E-state index contributed by atoms with van der Waals surface area (Å²) >= 11 is 0. The van der Waals surface area contributed by atoms with Crippen molar-refractivity contribution in [3.63, 3.8) is 0 Å². The molecule has 1 aromatic rings. The Morgan fingerprint density at radius 1 is 1.25 bits per heavy atom. The Morgan fingerprint density at radius 3 is 2.50 bits per heavy atom. The van der Waals surface area contributed by atoms with Gasteiger partial charge in [-0.25, -0.2) is 4.79 Å². The van der Waals surface area contributed by atoms with Crippen molar-refractivity contribution < 1.29 is 0 Å². The average Bonchev–Trinajstić information content (AvgIpc) is 2.23. The van der Waals surface area contributed by atoms with Gasteiger partial charge in [0.2, 0.25) is 0 Å². The monoisotopic (exact) mass is 226 g/mol. The second kappa shape index (κ2) is 6.12. The zero-order valence-corrected chi connectivity index (χ0v) is 9.67. The predicted octanol–water partition coefficient (Wildman–Crippen LogP) is -0.183. The summed E-state index contributed by atoms with van der Waals surface area (Å²) < 4.78 is 0. The Kier molecular flexibility index (Phi) is 4.78. The van der Waals surface area contributed by atoms with Crippen LogP contribution < -0.4 is 16.6 Å².